The first-order valence-electron chi connectivity index (χ1n) is 6.88. The molecule has 5 heteroatoms. The van der Waals surface area contributed by atoms with Crippen molar-refractivity contribution in [1.29, 1.82) is 0 Å². The Kier molecular flexibility index (Phi) is 5.54. The Hall–Kier alpha value is -0.940. The van der Waals surface area contributed by atoms with Crippen molar-refractivity contribution in [2.75, 3.05) is 6.54 Å². The molecule has 1 saturated carbocycles. The number of carbonyl (C=O) groups excluding carboxylic acids is 1. The third-order valence-corrected chi connectivity index (χ3v) is 4.28. The standard InChI is InChI=1S/C15H19BrN2OS/c16-12-5-3-4-11(8-12)9-15(19)18(10-14(17)20)13-6-1-2-7-13/h3-5,8,13H,1-2,6-7,9-10H2,(H2,17,20). The zero-order valence-electron chi connectivity index (χ0n) is 11.3. The van der Waals surface area contributed by atoms with Gasteiger partial charge in [-0.2, -0.15) is 0 Å². The monoisotopic (exact) mass is 354 g/mol. The molecule has 1 aliphatic carbocycles. The Morgan fingerprint density at radius 2 is 2.10 bits per heavy atom. The fourth-order valence-corrected chi connectivity index (χ4v) is 3.31. The summed E-state index contributed by atoms with van der Waals surface area (Å²) in [5.41, 5.74) is 6.66. The van der Waals surface area contributed by atoms with Crippen molar-refractivity contribution < 1.29 is 4.79 Å². The van der Waals surface area contributed by atoms with Gasteiger partial charge >= 0.3 is 0 Å². The van der Waals surface area contributed by atoms with E-state index in [9.17, 15) is 4.79 Å². The van der Waals surface area contributed by atoms with Gasteiger partial charge in [0.15, 0.2) is 0 Å². The number of nitrogens with zero attached hydrogens (tertiary/aromatic N) is 1. The highest BCUT2D eigenvalue weighted by molar-refractivity contribution is 9.10. The summed E-state index contributed by atoms with van der Waals surface area (Å²) in [5.74, 6) is 0.114. The summed E-state index contributed by atoms with van der Waals surface area (Å²) in [6.45, 7) is 0.396. The molecule has 1 fully saturated rings. The summed E-state index contributed by atoms with van der Waals surface area (Å²) < 4.78 is 0.990. The first-order valence-corrected chi connectivity index (χ1v) is 8.08. The Morgan fingerprint density at radius 1 is 1.40 bits per heavy atom. The molecule has 0 aliphatic heterocycles. The highest BCUT2D eigenvalue weighted by Crippen LogP contribution is 2.24. The summed E-state index contributed by atoms with van der Waals surface area (Å²) in [5, 5.41) is 0. The average molecular weight is 355 g/mol. The van der Waals surface area contributed by atoms with Gasteiger partial charge in [-0.05, 0) is 30.5 Å². The van der Waals surface area contributed by atoms with Crippen LogP contribution in [0.15, 0.2) is 28.7 Å². The number of halogens is 1. The van der Waals surface area contributed by atoms with Crippen LogP contribution >= 0.6 is 28.1 Å². The average Bonchev–Trinajstić information content (AvgIpc) is 2.89. The van der Waals surface area contributed by atoms with Crippen LogP contribution in [0.1, 0.15) is 31.2 Å². The van der Waals surface area contributed by atoms with Crippen molar-refractivity contribution in [3.05, 3.63) is 34.3 Å². The smallest absolute Gasteiger partial charge is 0.227 e. The molecule has 3 nitrogen and oxygen atoms in total. The molecule has 0 heterocycles. The van der Waals surface area contributed by atoms with Crippen molar-refractivity contribution in [3.8, 4) is 0 Å². The number of thiocarbonyl (C=S) groups is 1. The van der Waals surface area contributed by atoms with E-state index in [1.54, 1.807) is 0 Å². The van der Waals surface area contributed by atoms with Gasteiger partial charge in [-0.25, -0.2) is 0 Å². The van der Waals surface area contributed by atoms with E-state index in [2.05, 4.69) is 15.9 Å². The highest BCUT2D eigenvalue weighted by Gasteiger charge is 2.26. The fourth-order valence-electron chi connectivity index (χ4n) is 2.73. The van der Waals surface area contributed by atoms with Gasteiger partial charge in [-0.1, -0.05) is 53.1 Å². The van der Waals surface area contributed by atoms with Crippen LogP contribution in [0.2, 0.25) is 0 Å². The number of amides is 1. The van der Waals surface area contributed by atoms with E-state index in [0.717, 1.165) is 22.9 Å². The van der Waals surface area contributed by atoms with E-state index < -0.39 is 0 Å². The molecule has 2 rings (SSSR count). The molecule has 0 saturated heterocycles. The molecule has 1 aromatic carbocycles. The summed E-state index contributed by atoms with van der Waals surface area (Å²) in [6.07, 6.45) is 4.89. The third-order valence-electron chi connectivity index (χ3n) is 3.66. The SMILES string of the molecule is NC(=S)CN(C(=O)Cc1cccc(Br)c1)C1CCCC1. The van der Waals surface area contributed by atoms with Crippen LogP contribution in [0.3, 0.4) is 0 Å². The lowest BCUT2D eigenvalue weighted by molar-refractivity contribution is -0.131. The van der Waals surface area contributed by atoms with Crippen LogP contribution in [0.25, 0.3) is 0 Å². The van der Waals surface area contributed by atoms with E-state index >= 15 is 0 Å². The van der Waals surface area contributed by atoms with Crippen LogP contribution in [0, 0.1) is 0 Å². The van der Waals surface area contributed by atoms with Gasteiger partial charge < -0.3 is 10.6 Å². The van der Waals surface area contributed by atoms with Crippen LogP contribution < -0.4 is 5.73 Å². The van der Waals surface area contributed by atoms with Gasteiger partial charge in [0.05, 0.1) is 18.0 Å². The molecule has 0 atom stereocenters. The molecule has 2 N–H and O–H groups in total. The summed E-state index contributed by atoms with van der Waals surface area (Å²) >= 11 is 8.42. The van der Waals surface area contributed by atoms with Crippen molar-refractivity contribution in [1.82, 2.24) is 4.90 Å². The molecule has 0 aromatic heterocycles. The molecular formula is C15H19BrN2OS. The van der Waals surface area contributed by atoms with E-state index in [1.807, 2.05) is 29.2 Å². The van der Waals surface area contributed by atoms with Gasteiger partial charge in [0.25, 0.3) is 0 Å². The van der Waals surface area contributed by atoms with Crippen molar-refractivity contribution in [2.45, 2.75) is 38.1 Å². The minimum atomic E-state index is 0.114. The number of rotatable bonds is 5. The van der Waals surface area contributed by atoms with Crippen LogP contribution in [0.5, 0.6) is 0 Å². The molecule has 1 aliphatic rings. The zero-order valence-corrected chi connectivity index (χ0v) is 13.8. The van der Waals surface area contributed by atoms with Crippen molar-refractivity contribution in [2.24, 2.45) is 5.73 Å². The van der Waals surface area contributed by atoms with Crippen LogP contribution in [-0.4, -0.2) is 28.4 Å². The zero-order chi connectivity index (χ0) is 14.5. The van der Waals surface area contributed by atoms with E-state index in [0.29, 0.717) is 24.0 Å². The predicted molar refractivity (Wildman–Crippen MR) is 88.6 cm³/mol. The first kappa shape index (κ1) is 15.4. The van der Waals surface area contributed by atoms with Crippen molar-refractivity contribution in [3.63, 3.8) is 0 Å². The maximum Gasteiger partial charge on any atom is 0.227 e. The molecule has 1 amide bonds. The summed E-state index contributed by atoms with van der Waals surface area (Å²) in [4.78, 5) is 14.8. The maximum absolute atomic E-state index is 12.5. The van der Waals surface area contributed by atoms with E-state index in [1.165, 1.54) is 12.8 Å². The second kappa shape index (κ2) is 7.18. The second-order valence-electron chi connectivity index (χ2n) is 5.23. The normalized spacial score (nSPS) is 15.2. The minimum Gasteiger partial charge on any atom is -0.392 e. The highest BCUT2D eigenvalue weighted by atomic mass is 79.9. The Morgan fingerprint density at radius 3 is 2.70 bits per heavy atom. The van der Waals surface area contributed by atoms with Gasteiger partial charge in [0.2, 0.25) is 5.91 Å². The maximum atomic E-state index is 12.5. The number of benzene rings is 1. The quantitative estimate of drug-likeness (QED) is 0.826. The minimum absolute atomic E-state index is 0.114. The molecule has 0 spiro atoms. The van der Waals surface area contributed by atoms with Crippen LogP contribution in [-0.2, 0) is 11.2 Å². The third kappa shape index (κ3) is 4.28. The number of carbonyl (C=O) groups is 1. The molecule has 20 heavy (non-hydrogen) atoms. The Balaban J connectivity index is 2.07. The number of hydrogen-bond donors (Lipinski definition) is 1. The van der Waals surface area contributed by atoms with Gasteiger partial charge in [-0.3, -0.25) is 4.79 Å². The van der Waals surface area contributed by atoms with Gasteiger partial charge in [0.1, 0.15) is 0 Å². The number of nitrogens with two attached hydrogens (primary N) is 1. The lowest BCUT2D eigenvalue weighted by Crippen LogP contribution is -2.44. The molecule has 0 radical (unpaired) electrons. The second-order valence-corrected chi connectivity index (χ2v) is 6.67. The Bertz CT molecular complexity index is 500. The van der Waals surface area contributed by atoms with Crippen molar-refractivity contribution >= 4 is 39.0 Å². The fraction of sp³-hybridized carbons (Fsp3) is 0.467. The van der Waals surface area contributed by atoms with E-state index in [-0.39, 0.29) is 5.91 Å². The molecule has 1 aromatic rings. The summed E-state index contributed by atoms with van der Waals surface area (Å²) in [7, 11) is 0. The molecule has 108 valence electrons. The lowest BCUT2D eigenvalue weighted by Gasteiger charge is -2.28. The van der Waals surface area contributed by atoms with Gasteiger partial charge in [-0.15, -0.1) is 0 Å². The van der Waals surface area contributed by atoms with Crippen LogP contribution in [0.4, 0.5) is 0 Å². The molecular weight excluding hydrogens is 336 g/mol. The number of hydrogen-bond acceptors (Lipinski definition) is 2. The largest absolute Gasteiger partial charge is 0.392 e. The summed E-state index contributed by atoms with van der Waals surface area (Å²) in [6, 6.07) is 8.15. The topological polar surface area (TPSA) is 46.3 Å². The van der Waals surface area contributed by atoms with E-state index in [4.69, 9.17) is 18.0 Å². The predicted octanol–water partition coefficient (Wildman–Crippen LogP) is 3.05. The van der Waals surface area contributed by atoms with Gasteiger partial charge in [0, 0.05) is 10.5 Å². The molecule has 0 bridgehead atoms. The first-order chi connectivity index (χ1) is 9.56. The lowest BCUT2D eigenvalue weighted by atomic mass is 10.1. The Labute approximate surface area is 133 Å². The molecule has 0 unspecified atom stereocenters.